The Balaban J connectivity index is 2.61. The number of methoxy groups -OCH3 is 1. The van der Waals surface area contributed by atoms with Gasteiger partial charge in [-0.3, -0.25) is 9.59 Å². The number of carbonyl (C=O) groups excluding carboxylic acids is 2. The molecule has 8 heteroatoms. The molecule has 0 saturated carbocycles. The molecule has 0 spiro atoms. The quantitative estimate of drug-likeness (QED) is 0.778. The van der Waals surface area contributed by atoms with Crippen LogP contribution in [0.15, 0.2) is 12.1 Å². The SMILES string of the molecule is COC(=O)CCC(NC(=O)c1ccc(Cl)s1)C(=O)O. The molecule has 0 aliphatic carbocycles. The number of esters is 1. The highest BCUT2D eigenvalue weighted by Gasteiger charge is 2.22. The highest BCUT2D eigenvalue weighted by molar-refractivity contribution is 7.18. The van der Waals surface area contributed by atoms with Gasteiger partial charge in [0.2, 0.25) is 0 Å². The summed E-state index contributed by atoms with van der Waals surface area (Å²) in [6.07, 6.45) is -0.119. The smallest absolute Gasteiger partial charge is 0.326 e. The lowest BCUT2D eigenvalue weighted by molar-refractivity contribution is -0.142. The van der Waals surface area contributed by atoms with Crippen LogP contribution in [0.5, 0.6) is 0 Å². The van der Waals surface area contributed by atoms with E-state index in [9.17, 15) is 14.4 Å². The summed E-state index contributed by atoms with van der Waals surface area (Å²) in [6, 6.07) is 1.90. The first-order chi connectivity index (χ1) is 8.93. The third kappa shape index (κ3) is 4.88. The van der Waals surface area contributed by atoms with Crippen LogP contribution in [0.4, 0.5) is 0 Å². The Labute approximate surface area is 118 Å². The van der Waals surface area contributed by atoms with E-state index in [1.54, 1.807) is 6.07 Å². The predicted molar refractivity (Wildman–Crippen MR) is 69.5 cm³/mol. The summed E-state index contributed by atoms with van der Waals surface area (Å²) in [7, 11) is 1.21. The molecule has 0 saturated heterocycles. The molecule has 6 nitrogen and oxygen atoms in total. The Hall–Kier alpha value is -1.60. The number of nitrogens with one attached hydrogen (secondary N) is 1. The van der Waals surface area contributed by atoms with Crippen molar-refractivity contribution in [2.75, 3.05) is 7.11 Å². The summed E-state index contributed by atoms with van der Waals surface area (Å²) in [4.78, 5) is 34.0. The van der Waals surface area contributed by atoms with E-state index in [0.717, 1.165) is 11.3 Å². The molecule has 1 aromatic rings. The van der Waals surface area contributed by atoms with Crippen molar-refractivity contribution in [3.05, 3.63) is 21.3 Å². The molecule has 104 valence electrons. The number of carboxylic acids is 1. The second-order valence-electron chi connectivity index (χ2n) is 3.58. The van der Waals surface area contributed by atoms with Gasteiger partial charge in [0.15, 0.2) is 0 Å². The van der Waals surface area contributed by atoms with Gasteiger partial charge in [-0.2, -0.15) is 0 Å². The molecule has 1 aromatic heterocycles. The van der Waals surface area contributed by atoms with Gasteiger partial charge < -0.3 is 15.2 Å². The fourth-order valence-electron chi connectivity index (χ4n) is 1.29. The van der Waals surface area contributed by atoms with Crippen molar-refractivity contribution in [1.82, 2.24) is 5.32 Å². The molecule has 0 aliphatic heterocycles. The van der Waals surface area contributed by atoms with Crippen LogP contribution >= 0.6 is 22.9 Å². The first-order valence-electron chi connectivity index (χ1n) is 5.30. The maximum Gasteiger partial charge on any atom is 0.326 e. The first-order valence-corrected chi connectivity index (χ1v) is 6.49. The van der Waals surface area contributed by atoms with Crippen molar-refractivity contribution in [3.8, 4) is 0 Å². The van der Waals surface area contributed by atoms with Gasteiger partial charge in [0.25, 0.3) is 5.91 Å². The van der Waals surface area contributed by atoms with Gasteiger partial charge >= 0.3 is 11.9 Å². The second kappa shape index (κ2) is 7.10. The van der Waals surface area contributed by atoms with Crippen LogP contribution in [-0.2, 0) is 14.3 Å². The summed E-state index contributed by atoms with van der Waals surface area (Å²) in [6.45, 7) is 0. The minimum atomic E-state index is -1.21. The molecule has 19 heavy (non-hydrogen) atoms. The van der Waals surface area contributed by atoms with Crippen LogP contribution in [0.3, 0.4) is 0 Å². The summed E-state index contributed by atoms with van der Waals surface area (Å²) >= 11 is 6.73. The van der Waals surface area contributed by atoms with E-state index >= 15 is 0 Å². The van der Waals surface area contributed by atoms with Gasteiger partial charge in [-0.15, -0.1) is 11.3 Å². The third-order valence-corrected chi connectivity index (χ3v) is 3.50. The Kier molecular flexibility index (Phi) is 5.78. The van der Waals surface area contributed by atoms with Crippen LogP contribution in [0, 0.1) is 0 Å². The molecule has 0 radical (unpaired) electrons. The number of hydrogen-bond donors (Lipinski definition) is 2. The first kappa shape index (κ1) is 15.5. The number of aliphatic carboxylic acids is 1. The average molecular weight is 306 g/mol. The van der Waals surface area contributed by atoms with Crippen LogP contribution in [0.25, 0.3) is 0 Å². The Morgan fingerprint density at radius 2 is 2.16 bits per heavy atom. The van der Waals surface area contributed by atoms with E-state index in [4.69, 9.17) is 16.7 Å². The van der Waals surface area contributed by atoms with Gasteiger partial charge in [-0.1, -0.05) is 11.6 Å². The lowest BCUT2D eigenvalue weighted by Crippen LogP contribution is -2.40. The second-order valence-corrected chi connectivity index (χ2v) is 5.30. The highest BCUT2D eigenvalue weighted by Crippen LogP contribution is 2.21. The zero-order valence-corrected chi connectivity index (χ0v) is 11.6. The number of ether oxygens (including phenoxy) is 1. The molecule has 0 fully saturated rings. The summed E-state index contributed by atoms with van der Waals surface area (Å²) in [5.74, 6) is -2.27. The van der Waals surface area contributed by atoms with E-state index in [1.807, 2.05) is 0 Å². The fourth-order valence-corrected chi connectivity index (χ4v) is 2.23. The summed E-state index contributed by atoms with van der Waals surface area (Å²) in [5, 5.41) is 11.3. The fraction of sp³-hybridized carbons (Fsp3) is 0.364. The van der Waals surface area contributed by atoms with Gasteiger partial charge in [0, 0.05) is 6.42 Å². The molecule has 0 bridgehead atoms. The van der Waals surface area contributed by atoms with Crippen molar-refractivity contribution in [2.24, 2.45) is 0 Å². The normalized spacial score (nSPS) is 11.7. The Morgan fingerprint density at radius 3 is 2.63 bits per heavy atom. The largest absolute Gasteiger partial charge is 0.480 e. The molecular weight excluding hydrogens is 294 g/mol. The van der Waals surface area contributed by atoms with Crippen LogP contribution in [0.1, 0.15) is 22.5 Å². The number of thiophene rings is 1. The predicted octanol–water partition coefficient (Wildman–Crippen LogP) is 1.54. The summed E-state index contributed by atoms with van der Waals surface area (Å²) < 4.78 is 4.85. The highest BCUT2D eigenvalue weighted by atomic mass is 35.5. The van der Waals surface area contributed by atoms with Crippen LogP contribution < -0.4 is 5.32 Å². The van der Waals surface area contributed by atoms with E-state index in [2.05, 4.69) is 10.1 Å². The van der Waals surface area contributed by atoms with Crippen molar-refractivity contribution in [2.45, 2.75) is 18.9 Å². The van der Waals surface area contributed by atoms with Gasteiger partial charge in [-0.05, 0) is 18.6 Å². The number of carboxylic acid groups (broad SMARTS) is 1. The van der Waals surface area contributed by atoms with Gasteiger partial charge in [0.1, 0.15) is 6.04 Å². The van der Waals surface area contributed by atoms with Crippen molar-refractivity contribution in [3.63, 3.8) is 0 Å². The average Bonchev–Trinajstić information content (AvgIpc) is 2.80. The minimum Gasteiger partial charge on any atom is -0.480 e. The Bertz CT molecular complexity index is 487. The molecule has 0 aliphatic rings. The number of amides is 1. The Morgan fingerprint density at radius 1 is 1.47 bits per heavy atom. The lowest BCUT2D eigenvalue weighted by atomic mass is 10.1. The number of rotatable bonds is 6. The molecule has 1 rings (SSSR count). The van der Waals surface area contributed by atoms with Crippen molar-refractivity contribution < 1.29 is 24.2 Å². The van der Waals surface area contributed by atoms with Gasteiger partial charge in [-0.25, -0.2) is 4.79 Å². The zero-order valence-electron chi connectivity index (χ0n) is 10.0. The van der Waals surface area contributed by atoms with Crippen LogP contribution in [-0.4, -0.2) is 36.1 Å². The number of halogens is 1. The third-order valence-electron chi connectivity index (χ3n) is 2.27. The number of carbonyl (C=O) groups is 3. The standard InChI is InChI=1S/C11H12ClNO5S/c1-18-9(14)5-2-6(11(16)17)13-10(15)7-3-4-8(12)19-7/h3-4,6H,2,5H2,1H3,(H,13,15)(H,16,17). The van der Waals surface area contributed by atoms with E-state index < -0.39 is 23.9 Å². The van der Waals surface area contributed by atoms with Crippen LogP contribution in [0.2, 0.25) is 4.34 Å². The molecule has 1 unspecified atom stereocenters. The maximum absolute atomic E-state index is 11.7. The monoisotopic (exact) mass is 305 g/mol. The molecule has 2 N–H and O–H groups in total. The zero-order chi connectivity index (χ0) is 14.4. The maximum atomic E-state index is 11.7. The van der Waals surface area contributed by atoms with Crippen molar-refractivity contribution in [1.29, 1.82) is 0 Å². The van der Waals surface area contributed by atoms with E-state index in [0.29, 0.717) is 9.21 Å². The van der Waals surface area contributed by atoms with E-state index in [1.165, 1.54) is 13.2 Å². The van der Waals surface area contributed by atoms with E-state index in [-0.39, 0.29) is 12.8 Å². The van der Waals surface area contributed by atoms with Crippen molar-refractivity contribution >= 4 is 40.8 Å². The molecule has 0 aromatic carbocycles. The summed E-state index contributed by atoms with van der Waals surface area (Å²) in [5.41, 5.74) is 0. The molecule has 1 atom stereocenters. The minimum absolute atomic E-state index is 0.0349. The lowest BCUT2D eigenvalue weighted by Gasteiger charge is -2.13. The van der Waals surface area contributed by atoms with Gasteiger partial charge in [0.05, 0.1) is 16.3 Å². The molecule has 1 amide bonds. The molecule has 1 heterocycles. The topological polar surface area (TPSA) is 92.7 Å². The molecular formula is C11H12ClNO5S. The number of hydrogen-bond acceptors (Lipinski definition) is 5.